The summed E-state index contributed by atoms with van der Waals surface area (Å²) in [6, 6.07) is 75.9. The largest absolute Gasteiger partial charge is 0.248 e. The van der Waals surface area contributed by atoms with Crippen LogP contribution in [0.3, 0.4) is 0 Å². The van der Waals surface area contributed by atoms with Gasteiger partial charge in [-0.3, -0.25) is 0 Å². The van der Waals surface area contributed by atoms with Gasteiger partial charge in [-0.1, -0.05) is 164 Å². The molecule has 7 aromatic carbocycles. The van der Waals surface area contributed by atoms with Crippen molar-refractivity contribution in [1.82, 2.24) is 9.97 Å². The van der Waals surface area contributed by atoms with Crippen LogP contribution in [0.5, 0.6) is 0 Å². The minimum Gasteiger partial charge on any atom is -0.248 e. The van der Waals surface area contributed by atoms with Crippen LogP contribution in [0.15, 0.2) is 206 Å². The van der Waals surface area contributed by atoms with Crippen LogP contribution < -0.4 is 0 Å². The highest BCUT2D eigenvalue weighted by Gasteiger charge is 2.82. The Labute approximate surface area is 375 Å². The van der Waals surface area contributed by atoms with Crippen molar-refractivity contribution in [1.29, 1.82) is 0 Å². The maximum Gasteiger partial charge on any atom is 0.0715 e. The lowest BCUT2D eigenvalue weighted by atomic mass is 9.34. The summed E-state index contributed by atoms with van der Waals surface area (Å²) in [5, 5.41) is 0. The molecule has 5 aliphatic rings. The topological polar surface area (TPSA) is 25.8 Å². The molecule has 6 atom stereocenters. The van der Waals surface area contributed by atoms with E-state index in [1.165, 1.54) is 59.1 Å². The Bertz CT molecular complexity index is 3040. The van der Waals surface area contributed by atoms with Crippen molar-refractivity contribution in [2.75, 3.05) is 0 Å². The van der Waals surface area contributed by atoms with E-state index in [9.17, 15) is 0 Å². The molecule has 0 saturated heterocycles. The van der Waals surface area contributed by atoms with E-state index in [1.807, 2.05) is 0 Å². The van der Waals surface area contributed by atoms with Gasteiger partial charge in [0.1, 0.15) is 0 Å². The lowest BCUT2D eigenvalue weighted by molar-refractivity contribution is -0.193. The van der Waals surface area contributed by atoms with Gasteiger partial charge in [-0.05, 0) is 153 Å². The fourth-order valence-corrected chi connectivity index (χ4v) is 14.1. The number of hydrogen-bond acceptors (Lipinski definition) is 2. The molecular formula is C62H46N2. The summed E-state index contributed by atoms with van der Waals surface area (Å²) in [7, 11) is 0. The van der Waals surface area contributed by atoms with Gasteiger partial charge in [0, 0.05) is 27.7 Å². The van der Waals surface area contributed by atoms with Crippen LogP contribution in [-0.4, -0.2) is 9.97 Å². The molecule has 2 heterocycles. The average Bonchev–Trinajstić information content (AvgIpc) is 3.98. The Morgan fingerprint density at radius 3 is 1.23 bits per heavy atom. The van der Waals surface area contributed by atoms with Crippen LogP contribution in [0.2, 0.25) is 0 Å². The molecule has 5 aliphatic carbocycles. The van der Waals surface area contributed by atoms with E-state index in [0.717, 1.165) is 79.8 Å². The molecule has 64 heavy (non-hydrogen) atoms. The van der Waals surface area contributed by atoms with E-state index < -0.39 is 0 Å². The molecule has 4 fully saturated rings. The van der Waals surface area contributed by atoms with Crippen LogP contribution in [0.1, 0.15) is 36.8 Å². The molecule has 6 unspecified atom stereocenters. The molecule has 2 spiro atoms. The molecule has 0 N–H and O–H groups in total. The predicted octanol–water partition coefficient (Wildman–Crippen LogP) is 15.5. The van der Waals surface area contributed by atoms with Crippen LogP contribution in [0.25, 0.3) is 89.5 Å². The lowest BCUT2D eigenvalue weighted by Crippen LogP contribution is -2.65. The fraction of sp³-hybridized carbons (Fsp3) is 0.161. The summed E-state index contributed by atoms with van der Waals surface area (Å²) in [6.07, 6.45) is 5.70. The number of pyridine rings is 2. The Balaban J connectivity index is 1.02. The standard InChI is InChI=1S/C62H46N2/c1-5-16-39(17-6-1)55-31-45(32-56(63-55)40-18-7-2-8-19-40)43-28-44(46-33-57(41-20-9-3-10-21-41)64-58(34-46)42-22-11-4-12-23-42)30-47(29-43)51-25-15-27-54-60(51)52-24-13-14-26-53(52)62(54)50-36-48-35-49-37-59(62)61(48,49)38-50/h1-34,48-50,59H,35-38H2. The SMILES string of the molecule is c1ccc(-c2cc(-c3cc(-c4cc(-c5ccccc5)nc(-c5ccccc5)c4)cc(-c4cccc5c4-c4ccccc4C54C5CC6CC7CC4C67C5)c3)cc(-c3ccccc3)n2)cc1. The number of hydrogen-bond donors (Lipinski definition) is 0. The number of rotatable bonds is 7. The number of benzene rings is 7. The average molecular weight is 819 g/mol. The summed E-state index contributed by atoms with van der Waals surface area (Å²) in [4.78, 5) is 10.6. The van der Waals surface area contributed by atoms with Crippen molar-refractivity contribution in [3.63, 3.8) is 0 Å². The zero-order valence-corrected chi connectivity index (χ0v) is 35.7. The monoisotopic (exact) mass is 818 g/mol. The highest BCUT2D eigenvalue weighted by molar-refractivity contribution is 5.96. The first kappa shape index (κ1) is 36.3. The zero-order valence-electron chi connectivity index (χ0n) is 35.7. The Morgan fingerprint density at radius 1 is 0.328 bits per heavy atom. The van der Waals surface area contributed by atoms with Crippen molar-refractivity contribution < 1.29 is 0 Å². The van der Waals surface area contributed by atoms with Crippen LogP contribution in [-0.2, 0) is 5.41 Å². The van der Waals surface area contributed by atoms with Crippen molar-refractivity contribution in [2.45, 2.75) is 31.1 Å². The second-order valence-corrected chi connectivity index (χ2v) is 19.3. The van der Waals surface area contributed by atoms with Crippen LogP contribution in [0, 0.1) is 29.1 Å². The van der Waals surface area contributed by atoms with Crippen molar-refractivity contribution in [3.8, 4) is 89.5 Å². The quantitative estimate of drug-likeness (QED) is 0.160. The third kappa shape index (κ3) is 5.08. The van der Waals surface area contributed by atoms with E-state index in [-0.39, 0.29) is 5.41 Å². The van der Waals surface area contributed by atoms with Gasteiger partial charge in [-0.2, -0.15) is 0 Å². The van der Waals surface area contributed by atoms with Gasteiger partial charge in [0.25, 0.3) is 0 Å². The number of fused-ring (bicyclic) bond motifs is 8. The first-order chi connectivity index (χ1) is 31.6. The molecule has 0 aliphatic heterocycles. The fourth-order valence-electron chi connectivity index (χ4n) is 14.1. The zero-order chi connectivity index (χ0) is 42.0. The van der Waals surface area contributed by atoms with E-state index in [0.29, 0.717) is 5.41 Å². The molecule has 2 aromatic heterocycles. The van der Waals surface area contributed by atoms with E-state index in [2.05, 4.69) is 206 Å². The van der Waals surface area contributed by atoms with Gasteiger partial charge in [-0.25, -0.2) is 9.97 Å². The van der Waals surface area contributed by atoms with Gasteiger partial charge in [0.2, 0.25) is 0 Å². The summed E-state index contributed by atoms with van der Waals surface area (Å²) in [6.45, 7) is 0. The Hall–Kier alpha value is -7.16. The second-order valence-electron chi connectivity index (χ2n) is 19.3. The molecule has 0 amide bonds. The Morgan fingerprint density at radius 2 is 0.734 bits per heavy atom. The summed E-state index contributed by atoms with van der Waals surface area (Å²) in [5.41, 5.74) is 22.3. The summed E-state index contributed by atoms with van der Waals surface area (Å²) < 4.78 is 0. The first-order valence-corrected chi connectivity index (χ1v) is 23.3. The highest BCUT2D eigenvalue weighted by Crippen LogP contribution is 2.88. The third-order valence-electron chi connectivity index (χ3n) is 16.6. The van der Waals surface area contributed by atoms with Crippen molar-refractivity contribution in [2.24, 2.45) is 29.1 Å². The van der Waals surface area contributed by atoms with E-state index in [1.54, 1.807) is 11.1 Å². The normalized spacial score (nSPS) is 23.8. The maximum absolute atomic E-state index is 5.30. The molecule has 0 radical (unpaired) electrons. The second kappa shape index (κ2) is 13.7. The van der Waals surface area contributed by atoms with E-state index in [4.69, 9.17) is 9.97 Å². The van der Waals surface area contributed by atoms with Gasteiger partial charge < -0.3 is 0 Å². The van der Waals surface area contributed by atoms with Crippen LogP contribution in [0.4, 0.5) is 0 Å². The molecular weight excluding hydrogens is 773 g/mol. The van der Waals surface area contributed by atoms with Gasteiger partial charge >= 0.3 is 0 Å². The molecule has 2 heteroatoms. The third-order valence-corrected chi connectivity index (χ3v) is 16.6. The first-order valence-electron chi connectivity index (χ1n) is 23.3. The molecule has 14 rings (SSSR count). The molecule has 2 bridgehead atoms. The van der Waals surface area contributed by atoms with Gasteiger partial charge in [-0.15, -0.1) is 0 Å². The summed E-state index contributed by atoms with van der Waals surface area (Å²) in [5.74, 6) is 3.39. The van der Waals surface area contributed by atoms with Crippen molar-refractivity contribution >= 4 is 0 Å². The number of nitrogens with zero attached hydrogens (tertiary/aromatic N) is 2. The van der Waals surface area contributed by atoms with Gasteiger partial charge in [0.05, 0.1) is 22.8 Å². The van der Waals surface area contributed by atoms with Crippen LogP contribution >= 0.6 is 0 Å². The molecule has 4 saturated carbocycles. The minimum atomic E-state index is 0.121. The van der Waals surface area contributed by atoms with Crippen molar-refractivity contribution in [3.05, 3.63) is 217 Å². The molecule has 9 aromatic rings. The minimum absolute atomic E-state index is 0.121. The lowest BCUT2D eigenvalue weighted by Gasteiger charge is -2.70. The smallest absolute Gasteiger partial charge is 0.0715 e. The number of aromatic nitrogens is 2. The van der Waals surface area contributed by atoms with Gasteiger partial charge in [0.15, 0.2) is 0 Å². The highest BCUT2D eigenvalue weighted by atomic mass is 14.9. The predicted molar refractivity (Wildman–Crippen MR) is 261 cm³/mol. The Kier molecular flexibility index (Phi) is 7.76. The maximum atomic E-state index is 5.30. The summed E-state index contributed by atoms with van der Waals surface area (Å²) >= 11 is 0. The molecule has 304 valence electrons. The van der Waals surface area contributed by atoms with E-state index >= 15 is 0 Å². The molecule has 2 nitrogen and oxygen atoms in total.